The SMILES string of the molecule is CCCNC(Cc1cn2ccsc2n1)c1ccc(C)o1. The fraction of sp³-hybridized carbons (Fsp3) is 0.400. The van der Waals surface area contributed by atoms with Gasteiger partial charge in [0.25, 0.3) is 0 Å². The van der Waals surface area contributed by atoms with E-state index in [1.807, 2.05) is 19.2 Å². The molecule has 1 unspecified atom stereocenters. The second-order valence-corrected chi connectivity index (χ2v) is 5.86. The van der Waals surface area contributed by atoms with Crippen molar-refractivity contribution in [2.45, 2.75) is 32.7 Å². The van der Waals surface area contributed by atoms with Crippen LogP contribution in [-0.4, -0.2) is 15.9 Å². The zero-order valence-electron chi connectivity index (χ0n) is 11.8. The predicted molar refractivity (Wildman–Crippen MR) is 81.3 cm³/mol. The van der Waals surface area contributed by atoms with Crippen molar-refractivity contribution in [2.75, 3.05) is 6.54 Å². The third-order valence-electron chi connectivity index (χ3n) is 3.30. The Morgan fingerprint density at radius 3 is 3.05 bits per heavy atom. The van der Waals surface area contributed by atoms with Gasteiger partial charge in [-0.05, 0) is 32.0 Å². The first-order chi connectivity index (χ1) is 9.76. The third-order valence-corrected chi connectivity index (χ3v) is 4.07. The standard InChI is InChI=1S/C15H19N3OS/c1-3-6-16-13(14-5-4-11(2)19-14)9-12-10-18-7-8-20-15(18)17-12/h4-5,7-8,10,13,16H,3,6,9H2,1-2H3. The van der Waals surface area contributed by atoms with E-state index < -0.39 is 0 Å². The molecule has 0 saturated carbocycles. The average Bonchev–Trinajstić information content (AvgIpc) is 3.09. The first-order valence-corrected chi connectivity index (χ1v) is 7.85. The normalized spacial score (nSPS) is 13.1. The van der Waals surface area contributed by atoms with Crippen LogP contribution in [0.25, 0.3) is 4.96 Å². The molecule has 1 atom stereocenters. The van der Waals surface area contributed by atoms with E-state index in [0.717, 1.165) is 41.6 Å². The first-order valence-electron chi connectivity index (χ1n) is 6.97. The number of hydrogen-bond acceptors (Lipinski definition) is 4. The van der Waals surface area contributed by atoms with Gasteiger partial charge in [0.1, 0.15) is 11.5 Å². The van der Waals surface area contributed by atoms with E-state index in [4.69, 9.17) is 4.42 Å². The molecule has 0 bridgehead atoms. The third kappa shape index (κ3) is 2.78. The lowest BCUT2D eigenvalue weighted by Gasteiger charge is -2.15. The Balaban J connectivity index is 1.80. The number of furan rings is 1. The highest BCUT2D eigenvalue weighted by Gasteiger charge is 2.17. The molecule has 0 spiro atoms. The summed E-state index contributed by atoms with van der Waals surface area (Å²) in [4.78, 5) is 5.70. The number of rotatable bonds is 6. The fourth-order valence-corrected chi connectivity index (χ4v) is 3.04. The van der Waals surface area contributed by atoms with E-state index >= 15 is 0 Å². The van der Waals surface area contributed by atoms with Crippen LogP contribution in [-0.2, 0) is 6.42 Å². The van der Waals surface area contributed by atoms with Crippen LogP contribution in [0.4, 0.5) is 0 Å². The van der Waals surface area contributed by atoms with E-state index in [1.165, 1.54) is 0 Å². The van der Waals surface area contributed by atoms with Gasteiger partial charge in [-0.25, -0.2) is 4.98 Å². The van der Waals surface area contributed by atoms with Crippen molar-refractivity contribution >= 4 is 16.3 Å². The van der Waals surface area contributed by atoms with Crippen LogP contribution in [0.2, 0.25) is 0 Å². The van der Waals surface area contributed by atoms with Crippen LogP contribution < -0.4 is 5.32 Å². The largest absolute Gasteiger partial charge is 0.465 e. The lowest BCUT2D eigenvalue weighted by molar-refractivity contribution is 0.397. The molecule has 3 aromatic heterocycles. The molecular weight excluding hydrogens is 270 g/mol. The summed E-state index contributed by atoms with van der Waals surface area (Å²) in [5.74, 6) is 1.95. The lowest BCUT2D eigenvalue weighted by Crippen LogP contribution is -2.23. The van der Waals surface area contributed by atoms with Crippen LogP contribution in [0, 0.1) is 6.92 Å². The second-order valence-electron chi connectivity index (χ2n) is 4.98. The summed E-state index contributed by atoms with van der Waals surface area (Å²) in [6, 6.07) is 4.26. The molecule has 0 aliphatic rings. The molecule has 0 aliphatic carbocycles. The summed E-state index contributed by atoms with van der Waals surface area (Å²) in [6.45, 7) is 5.13. The minimum Gasteiger partial charge on any atom is -0.465 e. The Labute approximate surface area is 122 Å². The van der Waals surface area contributed by atoms with E-state index in [9.17, 15) is 0 Å². The number of imidazole rings is 1. The molecule has 20 heavy (non-hydrogen) atoms. The number of hydrogen-bond donors (Lipinski definition) is 1. The van der Waals surface area contributed by atoms with Gasteiger partial charge in [-0.15, -0.1) is 11.3 Å². The quantitative estimate of drug-likeness (QED) is 0.754. The van der Waals surface area contributed by atoms with Crippen LogP contribution >= 0.6 is 11.3 Å². The summed E-state index contributed by atoms with van der Waals surface area (Å²) in [6.07, 6.45) is 6.10. The number of aromatic nitrogens is 2. The Hall–Kier alpha value is -1.59. The first kappa shape index (κ1) is 13.4. The Kier molecular flexibility index (Phi) is 3.89. The number of thiazole rings is 1. The molecule has 0 aromatic carbocycles. The van der Waals surface area contributed by atoms with Crippen molar-refractivity contribution in [2.24, 2.45) is 0 Å². The van der Waals surface area contributed by atoms with Gasteiger partial charge in [-0.2, -0.15) is 0 Å². The zero-order chi connectivity index (χ0) is 13.9. The molecule has 0 fully saturated rings. The van der Waals surface area contributed by atoms with Crippen molar-refractivity contribution < 1.29 is 4.42 Å². The topological polar surface area (TPSA) is 42.5 Å². The van der Waals surface area contributed by atoms with Crippen molar-refractivity contribution in [1.29, 1.82) is 0 Å². The van der Waals surface area contributed by atoms with Gasteiger partial charge >= 0.3 is 0 Å². The van der Waals surface area contributed by atoms with Crippen LogP contribution in [0.5, 0.6) is 0 Å². The molecule has 3 heterocycles. The Morgan fingerprint density at radius 2 is 2.35 bits per heavy atom. The van der Waals surface area contributed by atoms with Crippen LogP contribution in [0.1, 0.15) is 36.6 Å². The molecule has 0 aliphatic heterocycles. The minimum absolute atomic E-state index is 0.188. The molecule has 3 aromatic rings. The van der Waals surface area contributed by atoms with Crippen LogP contribution in [0.15, 0.2) is 34.3 Å². The maximum atomic E-state index is 5.78. The molecule has 0 radical (unpaired) electrons. The highest BCUT2D eigenvalue weighted by molar-refractivity contribution is 7.15. The van der Waals surface area contributed by atoms with Gasteiger partial charge in [-0.1, -0.05) is 6.92 Å². The second kappa shape index (κ2) is 5.81. The molecule has 3 rings (SSSR count). The Morgan fingerprint density at radius 1 is 1.45 bits per heavy atom. The monoisotopic (exact) mass is 289 g/mol. The minimum atomic E-state index is 0.188. The van der Waals surface area contributed by atoms with Gasteiger partial charge in [-0.3, -0.25) is 4.40 Å². The van der Waals surface area contributed by atoms with E-state index in [2.05, 4.69) is 39.3 Å². The van der Waals surface area contributed by atoms with Gasteiger partial charge < -0.3 is 9.73 Å². The van der Waals surface area contributed by atoms with E-state index in [-0.39, 0.29) is 6.04 Å². The molecule has 0 saturated heterocycles. The summed E-state index contributed by atoms with van der Waals surface area (Å²) in [5.41, 5.74) is 1.10. The molecule has 5 heteroatoms. The molecule has 106 valence electrons. The molecule has 1 N–H and O–H groups in total. The van der Waals surface area contributed by atoms with Crippen molar-refractivity contribution in [1.82, 2.24) is 14.7 Å². The maximum Gasteiger partial charge on any atom is 0.193 e. The van der Waals surface area contributed by atoms with Crippen molar-refractivity contribution in [3.8, 4) is 0 Å². The smallest absolute Gasteiger partial charge is 0.193 e. The van der Waals surface area contributed by atoms with Crippen molar-refractivity contribution in [3.05, 3.63) is 47.1 Å². The van der Waals surface area contributed by atoms with Gasteiger partial charge in [0.15, 0.2) is 4.96 Å². The number of nitrogens with zero attached hydrogens (tertiary/aromatic N) is 2. The summed E-state index contributed by atoms with van der Waals surface area (Å²) in [7, 11) is 0. The highest BCUT2D eigenvalue weighted by atomic mass is 32.1. The zero-order valence-corrected chi connectivity index (χ0v) is 12.6. The summed E-state index contributed by atoms with van der Waals surface area (Å²) < 4.78 is 7.85. The van der Waals surface area contributed by atoms with Gasteiger partial charge in [0.05, 0.1) is 11.7 Å². The number of aryl methyl sites for hydroxylation is 1. The van der Waals surface area contributed by atoms with Gasteiger partial charge in [0, 0.05) is 24.2 Å². The van der Waals surface area contributed by atoms with Crippen LogP contribution in [0.3, 0.4) is 0 Å². The lowest BCUT2D eigenvalue weighted by atomic mass is 10.1. The number of nitrogens with one attached hydrogen (secondary N) is 1. The Bertz CT molecular complexity index is 653. The fourth-order valence-electron chi connectivity index (χ4n) is 2.32. The number of fused-ring (bicyclic) bond motifs is 1. The molecule has 4 nitrogen and oxygen atoms in total. The molecule has 0 amide bonds. The molecular formula is C15H19N3OS. The van der Waals surface area contributed by atoms with Gasteiger partial charge in [0.2, 0.25) is 0 Å². The van der Waals surface area contributed by atoms with Crippen molar-refractivity contribution in [3.63, 3.8) is 0 Å². The summed E-state index contributed by atoms with van der Waals surface area (Å²) in [5, 5.41) is 5.59. The maximum absolute atomic E-state index is 5.78. The van der Waals surface area contributed by atoms with E-state index in [0.29, 0.717) is 0 Å². The summed E-state index contributed by atoms with van der Waals surface area (Å²) >= 11 is 1.66. The highest BCUT2D eigenvalue weighted by Crippen LogP contribution is 2.21. The predicted octanol–water partition coefficient (Wildman–Crippen LogP) is 3.58. The average molecular weight is 289 g/mol. The van der Waals surface area contributed by atoms with E-state index in [1.54, 1.807) is 11.3 Å².